The fourth-order valence-corrected chi connectivity index (χ4v) is 2.10. The summed E-state index contributed by atoms with van der Waals surface area (Å²) in [5.74, 6) is 0.218. The molecule has 3 heteroatoms. The van der Waals surface area contributed by atoms with Crippen LogP contribution in [0.2, 0.25) is 0 Å². The van der Waals surface area contributed by atoms with Crippen molar-refractivity contribution in [3.8, 4) is 0 Å². The van der Waals surface area contributed by atoms with Gasteiger partial charge in [-0.1, -0.05) is 43.0 Å². The molecule has 1 heterocycles. The zero-order valence-electron chi connectivity index (χ0n) is 9.93. The molecule has 0 aromatic heterocycles. The van der Waals surface area contributed by atoms with Gasteiger partial charge in [0.1, 0.15) is 6.17 Å². The van der Waals surface area contributed by atoms with Gasteiger partial charge in [0.25, 0.3) is 0 Å². The van der Waals surface area contributed by atoms with Crippen LogP contribution in [0.3, 0.4) is 0 Å². The second kappa shape index (κ2) is 5.64. The van der Waals surface area contributed by atoms with Gasteiger partial charge >= 0.3 is 0 Å². The van der Waals surface area contributed by atoms with E-state index in [9.17, 15) is 4.79 Å². The smallest absolute Gasteiger partial charge is 0.224 e. The number of hydrogen-bond donors (Lipinski definition) is 1. The molecule has 2 rings (SSSR count). The van der Waals surface area contributed by atoms with E-state index in [0.717, 1.165) is 19.5 Å². The monoisotopic (exact) mass is 230 g/mol. The van der Waals surface area contributed by atoms with E-state index in [1.807, 2.05) is 23.1 Å². The average Bonchev–Trinajstić information content (AvgIpc) is 2.78. The van der Waals surface area contributed by atoms with Crippen LogP contribution in [0.1, 0.15) is 18.4 Å². The number of benzene rings is 1. The van der Waals surface area contributed by atoms with Gasteiger partial charge < -0.3 is 4.90 Å². The Hall–Kier alpha value is -1.61. The number of likely N-dealkylation sites (tertiary alicyclic amines) is 1. The molecule has 90 valence electrons. The van der Waals surface area contributed by atoms with Gasteiger partial charge in [0.15, 0.2) is 0 Å². The number of carbonyl (C=O) groups is 1. The molecule has 0 bridgehead atoms. The fourth-order valence-electron chi connectivity index (χ4n) is 2.10. The second-order valence-electron chi connectivity index (χ2n) is 4.24. The summed E-state index contributed by atoms with van der Waals surface area (Å²) in [4.78, 5) is 13.5. The van der Waals surface area contributed by atoms with Crippen molar-refractivity contribution in [3.63, 3.8) is 0 Å². The minimum Gasteiger partial charge on any atom is -0.324 e. The molecule has 1 aliphatic rings. The summed E-state index contributed by atoms with van der Waals surface area (Å²) >= 11 is 0. The van der Waals surface area contributed by atoms with Gasteiger partial charge in [-0.25, -0.2) is 0 Å². The Kier molecular flexibility index (Phi) is 3.94. The SMILES string of the molecule is C=CC(NCc1ccccc1)N1CCCC1=O. The van der Waals surface area contributed by atoms with Crippen LogP contribution in [-0.2, 0) is 11.3 Å². The molecule has 1 unspecified atom stereocenters. The molecule has 1 aliphatic heterocycles. The van der Waals surface area contributed by atoms with Crippen LogP contribution in [0.15, 0.2) is 43.0 Å². The van der Waals surface area contributed by atoms with Gasteiger partial charge in [0.05, 0.1) is 0 Å². The summed E-state index contributed by atoms with van der Waals surface area (Å²) in [6.07, 6.45) is 3.37. The molecule has 0 saturated carbocycles. The first kappa shape index (κ1) is 11.9. The Morgan fingerprint density at radius 1 is 1.41 bits per heavy atom. The Morgan fingerprint density at radius 2 is 2.18 bits per heavy atom. The Labute approximate surface area is 102 Å². The molecule has 1 N–H and O–H groups in total. The predicted molar refractivity (Wildman–Crippen MR) is 68.2 cm³/mol. The normalized spacial score (nSPS) is 17.2. The number of hydrogen-bond acceptors (Lipinski definition) is 2. The summed E-state index contributed by atoms with van der Waals surface area (Å²) in [6, 6.07) is 10.2. The molecule has 0 spiro atoms. The minimum atomic E-state index is -0.0507. The lowest BCUT2D eigenvalue weighted by Crippen LogP contribution is -2.44. The molecule has 1 saturated heterocycles. The molecular weight excluding hydrogens is 212 g/mol. The molecular formula is C14H18N2O. The van der Waals surface area contributed by atoms with Crippen molar-refractivity contribution in [2.24, 2.45) is 0 Å². The number of nitrogens with one attached hydrogen (secondary N) is 1. The van der Waals surface area contributed by atoms with E-state index in [1.54, 1.807) is 6.08 Å². The molecule has 17 heavy (non-hydrogen) atoms. The molecule has 0 aliphatic carbocycles. The summed E-state index contributed by atoms with van der Waals surface area (Å²) in [5, 5.41) is 3.35. The maximum atomic E-state index is 11.6. The van der Waals surface area contributed by atoms with E-state index >= 15 is 0 Å². The second-order valence-corrected chi connectivity index (χ2v) is 4.24. The van der Waals surface area contributed by atoms with Crippen LogP contribution in [-0.4, -0.2) is 23.5 Å². The molecule has 0 radical (unpaired) electrons. The number of carbonyl (C=O) groups excluding carboxylic acids is 1. The van der Waals surface area contributed by atoms with Crippen LogP contribution >= 0.6 is 0 Å². The quantitative estimate of drug-likeness (QED) is 0.784. The van der Waals surface area contributed by atoms with Gasteiger partial charge in [-0.15, -0.1) is 0 Å². The Morgan fingerprint density at radius 3 is 2.76 bits per heavy atom. The Bertz CT molecular complexity index is 388. The largest absolute Gasteiger partial charge is 0.324 e. The first-order valence-corrected chi connectivity index (χ1v) is 6.00. The van der Waals surface area contributed by atoms with E-state index in [1.165, 1.54) is 5.56 Å². The highest BCUT2D eigenvalue weighted by atomic mass is 16.2. The van der Waals surface area contributed by atoms with Crippen molar-refractivity contribution in [1.29, 1.82) is 0 Å². The third-order valence-electron chi connectivity index (χ3n) is 3.03. The highest BCUT2D eigenvalue weighted by molar-refractivity contribution is 5.78. The van der Waals surface area contributed by atoms with E-state index in [4.69, 9.17) is 0 Å². The number of nitrogens with zero attached hydrogens (tertiary/aromatic N) is 1. The predicted octanol–water partition coefficient (Wildman–Crippen LogP) is 1.91. The van der Waals surface area contributed by atoms with Crippen molar-refractivity contribution in [2.45, 2.75) is 25.6 Å². The minimum absolute atomic E-state index is 0.0507. The molecule has 1 amide bonds. The van der Waals surface area contributed by atoms with Gasteiger partial charge in [-0.2, -0.15) is 0 Å². The van der Waals surface area contributed by atoms with Crippen LogP contribution in [0.4, 0.5) is 0 Å². The lowest BCUT2D eigenvalue weighted by molar-refractivity contribution is -0.129. The van der Waals surface area contributed by atoms with Crippen LogP contribution < -0.4 is 5.32 Å². The molecule has 1 aromatic carbocycles. The van der Waals surface area contributed by atoms with Crippen molar-refractivity contribution in [2.75, 3.05) is 6.54 Å². The summed E-state index contributed by atoms with van der Waals surface area (Å²) in [6.45, 7) is 5.38. The molecule has 1 atom stereocenters. The zero-order chi connectivity index (χ0) is 12.1. The molecule has 1 aromatic rings. The van der Waals surface area contributed by atoms with Crippen molar-refractivity contribution in [1.82, 2.24) is 10.2 Å². The van der Waals surface area contributed by atoms with Crippen molar-refractivity contribution < 1.29 is 4.79 Å². The fraction of sp³-hybridized carbons (Fsp3) is 0.357. The third-order valence-corrected chi connectivity index (χ3v) is 3.03. The van der Waals surface area contributed by atoms with Crippen molar-refractivity contribution in [3.05, 3.63) is 48.6 Å². The highest BCUT2D eigenvalue weighted by Crippen LogP contribution is 2.13. The van der Waals surface area contributed by atoms with E-state index in [0.29, 0.717) is 6.42 Å². The summed E-state index contributed by atoms with van der Waals surface area (Å²) in [7, 11) is 0. The maximum absolute atomic E-state index is 11.6. The van der Waals surface area contributed by atoms with E-state index < -0.39 is 0 Å². The standard InChI is InChI=1S/C14H18N2O/c1-2-13(16-10-6-9-14(16)17)15-11-12-7-4-3-5-8-12/h2-5,7-8,13,15H,1,6,9-11H2. The average molecular weight is 230 g/mol. The molecule has 1 fully saturated rings. The van der Waals surface area contributed by atoms with Gasteiger partial charge in [0, 0.05) is 19.5 Å². The molecule has 3 nitrogen and oxygen atoms in total. The summed E-state index contributed by atoms with van der Waals surface area (Å²) < 4.78 is 0. The Balaban J connectivity index is 1.92. The topological polar surface area (TPSA) is 32.3 Å². The number of rotatable bonds is 5. The highest BCUT2D eigenvalue weighted by Gasteiger charge is 2.25. The zero-order valence-corrected chi connectivity index (χ0v) is 9.93. The van der Waals surface area contributed by atoms with Crippen LogP contribution in [0.25, 0.3) is 0 Å². The van der Waals surface area contributed by atoms with Crippen LogP contribution in [0.5, 0.6) is 0 Å². The van der Waals surface area contributed by atoms with E-state index in [-0.39, 0.29) is 12.1 Å². The number of amides is 1. The van der Waals surface area contributed by atoms with Gasteiger partial charge in [-0.3, -0.25) is 10.1 Å². The lowest BCUT2D eigenvalue weighted by atomic mass is 10.2. The van der Waals surface area contributed by atoms with Crippen LogP contribution in [0, 0.1) is 0 Å². The third kappa shape index (κ3) is 2.94. The summed E-state index contributed by atoms with van der Waals surface area (Å²) in [5.41, 5.74) is 1.21. The van der Waals surface area contributed by atoms with E-state index in [2.05, 4.69) is 24.0 Å². The van der Waals surface area contributed by atoms with Crippen molar-refractivity contribution >= 4 is 5.91 Å². The lowest BCUT2D eigenvalue weighted by Gasteiger charge is -2.26. The van der Waals surface area contributed by atoms with Gasteiger partial charge in [0.2, 0.25) is 5.91 Å². The first-order valence-electron chi connectivity index (χ1n) is 6.00. The maximum Gasteiger partial charge on any atom is 0.224 e. The van der Waals surface area contributed by atoms with Gasteiger partial charge in [-0.05, 0) is 12.0 Å². The first-order chi connectivity index (χ1) is 8.31.